The average molecular weight is 134 g/mol. The summed E-state index contributed by atoms with van der Waals surface area (Å²) in [5.74, 6) is 0. The molecule has 8 heavy (non-hydrogen) atoms. The Morgan fingerprint density at radius 2 is 1.00 bits per heavy atom. The Morgan fingerprint density at radius 3 is 1.00 bits per heavy atom. The summed E-state index contributed by atoms with van der Waals surface area (Å²) in [6.07, 6.45) is -5.73. The summed E-state index contributed by atoms with van der Waals surface area (Å²) < 4.78 is 53.4. The molecule has 0 aliphatic carbocycles. The molecule has 0 saturated carbocycles. The standard InChI is InChI=1S/C2HF5N/c3-1(4,5)2(6,7)8/h8H. The van der Waals surface area contributed by atoms with E-state index in [1.807, 2.05) is 0 Å². The number of hydrogen-bond acceptors (Lipinski definition) is 0. The number of nitrogens with one attached hydrogen (secondary N) is 1. The Morgan fingerprint density at radius 1 is 0.875 bits per heavy atom. The Balaban J connectivity index is 4.02. The molecule has 0 saturated heterocycles. The van der Waals surface area contributed by atoms with Crippen LogP contribution in [0.3, 0.4) is 0 Å². The fourth-order valence-corrected chi connectivity index (χ4v) is 0. The van der Waals surface area contributed by atoms with Crippen molar-refractivity contribution in [3.05, 3.63) is 0 Å². The van der Waals surface area contributed by atoms with Crippen LogP contribution < -0.4 is 5.73 Å². The van der Waals surface area contributed by atoms with Crippen LogP contribution in [0.4, 0.5) is 22.0 Å². The van der Waals surface area contributed by atoms with Crippen LogP contribution in [0.15, 0.2) is 0 Å². The lowest BCUT2D eigenvalue weighted by Crippen LogP contribution is -2.37. The minimum Gasteiger partial charge on any atom is -0.182 e. The van der Waals surface area contributed by atoms with Gasteiger partial charge in [-0.1, -0.05) is 0 Å². The third-order valence-electron chi connectivity index (χ3n) is 0.356. The molecule has 0 aromatic carbocycles. The second-order valence-electron chi connectivity index (χ2n) is 1.07. The van der Waals surface area contributed by atoms with Gasteiger partial charge in [0.25, 0.3) is 0 Å². The summed E-state index contributed by atoms with van der Waals surface area (Å²) in [7, 11) is 0. The monoisotopic (exact) mass is 134 g/mol. The van der Waals surface area contributed by atoms with Crippen molar-refractivity contribution in [2.75, 3.05) is 0 Å². The smallest absolute Gasteiger partial charge is 0.182 e. The largest absolute Gasteiger partial charge is 0.470 e. The lowest BCUT2D eigenvalue weighted by molar-refractivity contribution is -0.283. The van der Waals surface area contributed by atoms with E-state index in [4.69, 9.17) is 5.73 Å². The first-order chi connectivity index (χ1) is 3.25. The van der Waals surface area contributed by atoms with Crippen LogP contribution in [0.25, 0.3) is 0 Å². The third-order valence-corrected chi connectivity index (χ3v) is 0.356. The highest BCUT2D eigenvalue weighted by Crippen LogP contribution is 2.31. The van der Waals surface area contributed by atoms with Crippen LogP contribution in [-0.2, 0) is 0 Å². The molecular formula is C2HF5N. The maximum absolute atomic E-state index is 10.8. The van der Waals surface area contributed by atoms with Crippen LogP contribution >= 0.6 is 0 Å². The molecule has 1 N–H and O–H groups in total. The summed E-state index contributed by atoms with van der Waals surface area (Å²) in [6.45, 7) is 0. The van der Waals surface area contributed by atoms with E-state index in [9.17, 15) is 22.0 Å². The SMILES string of the molecule is [NH]C(F)(F)C(F)(F)F. The molecule has 0 spiro atoms. The molecule has 0 rings (SSSR count). The van der Waals surface area contributed by atoms with Crippen molar-refractivity contribution < 1.29 is 22.0 Å². The van der Waals surface area contributed by atoms with E-state index in [-0.39, 0.29) is 0 Å². The number of halogens is 5. The minimum atomic E-state index is -5.73. The van der Waals surface area contributed by atoms with E-state index >= 15 is 0 Å². The van der Waals surface area contributed by atoms with Gasteiger partial charge in [-0.25, -0.2) is 0 Å². The maximum atomic E-state index is 10.8. The number of hydrogen-bond donors (Lipinski definition) is 0. The molecule has 0 aromatic heterocycles. The van der Waals surface area contributed by atoms with E-state index in [1.165, 1.54) is 0 Å². The van der Waals surface area contributed by atoms with E-state index in [2.05, 4.69) is 0 Å². The lowest BCUT2D eigenvalue weighted by atomic mass is 10.6. The highest BCUT2D eigenvalue weighted by molar-refractivity contribution is 4.64. The number of rotatable bonds is 0. The summed E-state index contributed by atoms with van der Waals surface area (Å²) in [5, 5.41) is 0. The molecule has 0 amide bonds. The third kappa shape index (κ3) is 1.61. The van der Waals surface area contributed by atoms with Crippen molar-refractivity contribution in [1.29, 1.82) is 0 Å². The summed E-state index contributed by atoms with van der Waals surface area (Å²) in [4.78, 5) is 0. The Kier molecular flexibility index (Phi) is 1.47. The second-order valence-corrected chi connectivity index (χ2v) is 1.07. The quantitative estimate of drug-likeness (QED) is 0.353. The predicted octanol–water partition coefficient (Wildman–Crippen LogP) is 1.42. The Bertz CT molecular complexity index is 65.4. The molecule has 0 fully saturated rings. The van der Waals surface area contributed by atoms with Crippen molar-refractivity contribution >= 4 is 0 Å². The van der Waals surface area contributed by atoms with Crippen molar-refractivity contribution in [2.45, 2.75) is 12.2 Å². The van der Waals surface area contributed by atoms with E-state index in [0.29, 0.717) is 0 Å². The molecule has 1 nitrogen and oxygen atoms in total. The molecule has 0 aliphatic rings. The second kappa shape index (κ2) is 1.54. The van der Waals surface area contributed by atoms with Crippen LogP contribution in [-0.4, -0.2) is 12.2 Å². The fourth-order valence-electron chi connectivity index (χ4n) is 0. The van der Waals surface area contributed by atoms with Gasteiger partial charge >= 0.3 is 12.2 Å². The Labute approximate surface area is 41.3 Å². The zero-order chi connectivity index (χ0) is 7.00. The average Bonchev–Trinajstić information content (AvgIpc) is 1.25. The van der Waals surface area contributed by atoms with Gasteiger partial charge in [-0.15, -0.1) is 0 Å². The summed E-state index contributed by atoms with van der Waals surface area (Å²) in [6, 6.07) is -5.31. The van der Waals surface area contributed by atoms with Crippen LogP contribution in [0, 0.1) is 0 Å². The van der Waals surface area contributed by atoms with E-state index in [1.54, 1.807) is 0 Å². The first-order valence-electron chi connectivity index (χ1n) is 1.44. The molecule has 1 radical (unpaired) electrons. The highest BCUT2D eigenvalue weighted by atomic mass is 19.4. The minimum absolute atomic E-state index is 5.12. The zero-order valence-corrected chi connectivity index (χ0v) is 3.39. The Hall–Kier alpha value is -0.390. The topological polar surface area (TPSA) is 23.8 Å². The first-order valence-corrected chi connectivity index (χ1v) is 1.44. The van der Waals surface area contributed by atoms with E-state index in [0.717, 1.165) is 0 Å². The van der Waals surface area contributed by atoms with Gasteiger partial charge in [0.2, 0.25) is 0 Å². The van der Waals surface area contributed by atoms with E-state index < -0.39 is 12.2 Å². The first kappa shape index (κ1) is 7.61. The van der Waals surface area contributed by atoms with Crippen molar-refractivity contribution in [2.24, 2.45) is 0 Å². The van der Waals surface area contributed by atoms with Crippen molar-refractivity contribution in [1.82, 2.24) is 5.73 Å². The zero-order valence-electron chi connectivity index (χ0n) is 3.39. The van der Waals surface area contributed by atoms with Gasteiger partial charge in [0.15, 0.2) is 0 Å². The van der Waals surface area contributed by atoms with Gasteiger partial charge in [0.05, 0.1) is 0 Å². The van der Waals surface area contributed by atoms with Gasteiger partial charge in [-0.05, 0) is 0 Å². The molecule has 0 unspecified atom stereocenters. The molecule has 0 aliphatic heterocycles. The highest BCUT2D eigenvalue weighted by Gasteiger charge is 2.55. The molecule has 0 aromatic rings. The number of alkyl halides is 5. The molecule has 0 heterocycles. The van der Waals surface area contributed by atoms with Gasteiger partial charge < -0.3 is 0 Å². The molecular weight excluding hydrogens is 133 g/mol. The molecule has 49 valence electrons. The molecule has 0 atom stereocenters. The molecule has 0 bridgehead atoms. The molecule has 6 heteroatoms. The van der Waals surface area contributed by atoms with Gasteiger partial charge in [-0.3, -0.25) is 0 Å². The summed E-state index contributed by atoms with van der Waals surface area (Å²) >= 11 is 0. The normalized spacial score (nSPS) is 14.2. The van der Waals surface area contributed by atoms with Crippen molar-refractivity contribution in [3.63, 3.8) is 0 Å². The summed E-state index contributed by atoms with van der Waals surface area (Å²) in [5.41, 5.74) is 5.12. The predicted molar refractivity (Wildman–Crippen MR) is 14.1 cm³/mol. The lowest BCUT2D eigenvalue weighted by Gasteiger charge is -2.11. The van der Waals surface area contributed by atoms with Crippen LogP contribution in [0.5, 0.6) is 0 Å². The maximum Gasteiger partial charge on any atom is 0.470 e. The van der Waals surface area contributed by atoms with Gasteiger partial charge in [-0.2, -0.15) is 27.7 Å². The van der Waals surface area contributed by atoms with Crippen LogP contribution in [0.1, 0.15) is 0 Å². The van der Waals surface area contributed by atoms with Gasteiger partial charge in [0, 0.05) is 0 Å². The van der Waals surface area contributed by atoms with Crippen molar-refractivity contribution in [3.8, 4) is 0 Å². The van der Waals surface area contributed by atoms with Gasteiger partial charge in [0.1, 0.15) is 0 Å². The fraction of sp³-hybridized carbons (Fsp3) is 1.00. The van der Waals surface area contributed by atoms with Crippen LogP contribution in [0.2, 0.25) is 0 Å².